The van der Waals surface area contributed by atoms with Crippen LogP contribution in [0.1, 0.15) is 16.4 Å². The Kier molecular flexibility index (Phi) is 11.5. The molecular weight excluding hydrogens is 603 g/mol. The number of aromatic nitrogens is 1. The third-order valence-electron chi connectivity index (χ3n) is 5.89. The fourth-order valence-electron chi connectivity index (χ4n) is 3.84. The number of pyridine rings is 1. The SMILES string of the molecule is COCC(=O)N(C)c1ccc(C(Cc2ccsc2[N+](=O)[O-])S(=O)(=O)Oc2ccc(N(CCCl)CCCl)cc2)cn1. The fourth-order valence-corrected chi connectivity index (χ4v) is 6.35. The maximum atomic E-state index is 13.6. The number of methoxy groups -OCH3 is 1. The predicted octanol–water partition coefficient (Wildman–Crippen LogP) is 4.64. The maximum Gasteiger partial charge on any atom is 0.327 e. The Bertz CT molecular complexity index is 1380. The van der Waals surface area contributed by atoms with Crippen molar-refractivity contribution in [3.8, 4) is 5.75 Å². The third-order valence-corrected chi connectivity index (χ3v) is 8.70. The molecule has 0 aliphatic carbocycles. The molecule has 3 aromatic rings. The van der Waals surface area contributed by atoms with E-state index in [-0.39, 0.29) is 46.6 Å². The Morgan fingerprint density at radius 3 is 2.35 bits per heavy atom. The van der Waals surface area contributed by atoms with Crippen LogP contribution in [-0.4, -0.2) is 69.8 Å². The molecule has 0 saturated carbocycles. The van der Waals surface area contributed by atoms with Gasteiger partial charge in [0.15, 0.2) is 0 Å². The molecule has 0 N–H and O–H groups in total. The number of likely N-dealkylation sites (N-methyl/N-ethyl adjacent to an activating group) is 1. The lowest BCUT2D eigenvalue weighted by Crippen LogP contribution is -2.30. The molecule has 2 aromatic heterocycles. The van der Waals surface area contributed by atoms with Crippen molar-refractivity contribution in [3.05, 3.63) is 75.3 Å². The lowest BCUT2D eigenvalue weighted by molar-refractivity contribution is -0.380. The van der Waals surface area contributed by atoms with Crippen molar-refractivity contribution in [2.75, 3.05) is 55.4 Å². The molecule has 1 aromatic carbocycles. The number of hydrogen-bond donors (Lipinski definition) is 0. The van der Waals surface area contributed by atoms with E-state index in [2.05, 4.69) is 4.98 Å². The number of hydrogen-bond acceptors (Lipinski definition) is 10. The van der Waals surface area contributed by atoms with Crippen molar-refractivity contribution in [3.63, 3.8) is 0 Å². The second-order valence-corrected chi connectivity index (χ2v) is 11.8. The van der Waals surface area contributed by atoms with Gasteiger partial charge in [-0.25, -0.2) is 4.98 Å². The number of benzene rings is 1. The van der Waals surface area contributed by atoms with E-state index in [0.717, 1.165) is 17.0 Å². The smallest absolute Gasteiger partial charge is 0.327 e. The van der Waals surface area contributed by atoms with Gasteiger partial charge in [0.2, 0.25) is 0 Å². The van der Waals surface area contributed by atoms with Crippen LogP contribution in [0.25, 0.3) is 0 Å². The zero-order valence-electron chi connectivity index (χ0n) is 21.7. The topological polar surface area (TPSA) is 132 Å². The third kappa shape index (κ3) is 8.04. The Labute approximate surface area is 246 Å². The van der Waals surface area contributed by atoms with Crippen LogP contribution in [0.15, 0.2) is 54.0 Å². The van der Waals surface area contributed by atoms with Gasteiger partial charge in [-0.15, -0.1) is 23.2 Å². The summed E-state index contributed by atoms with van der Waals surface area (Å²) in [6.45, 7) is 0.966. The van der Waals surface area contributed by atoms with Gasteiger partial charge in [-0.1, -0.05) is 17.4 Å². The zero-order chi connectivity index (χ0) is 29.3. The minimum Gasteiger partial charge on any atom is -0.382 e. The zero-order valence-corrected chi connectivity index (χ0v) is 24.9. The number of thiophene rings is 1. The van der Waals surface area contributed by atoms with Gasteiger partial charge in [-0.05, 0) is 47.3 Å². The Hall–Kier alpha value is -2.97. The van der Waals surface area contributed by atoms with Gasteiger partial charge < -0.3 is 13.8 Å². The van der Waals surface area contributed by atoms with Crippen LogP contribution in [-0.2, 0) is 26.1 Å². The van der Waals surface area contributed by atoms with E-state index in [0.29, 0.717) is 24.8 Å². The first-order valence-electron chi connectivity index (χ1n) is 11.9. The number of carbonyl (C=O) groups is 1. The average molecular weight is 632 g/mol. The first-order chi connectivity index (χ1) is 19.1. The standard InChI is InChI=1S/C25H28Cl2N4O7S2/c1-29(24(32)17-37-2)23-8-3-19(16-28-23)22(15-18-9-14-39-25(18)31(33)34)40(35,36)38-21-6-4-20(5-7-21)30(12-10-26)13-11-27/h3-9,14,16,22H,10-13,15,17H2,1-2H3. The minimum atomic E-state index is -4.37. The van der Waals surface area contributed by atoms with Crippen molar-refractivity contribution >= 4 is 67.1 Å². The van der Waals surface area contributed by atoms with E-state index in [9.17, 15) is 23.3 Å². The van der Waals surface area contributed by atoms with Crippen LogP contribution in [0, 0.1) is 10.1 Å². The molecule has 2 heterocycles. The summed E-state index contributed by atoms with van der Waals surface area (Å²) in [4.78, 5) is 30.6. The summed E-state index contributed by atoms with van der Waals surface area (Å²) < 4.78 is 37.6. The number of carbonyl (C=O) groups excluding carboxylic acids is 1. The molecule has 0 aliphatic rings. The van der Waals surface area contributed by atoms with Crippen LogP contribution in [0.3, 0.4) is 0 Å². The van der Waals surface area contributed by atoms with E-state index >= 15 is 0 Å². The molecule has 0 aliphatic heterocycles. The highest BCUT2D eigenvalue weighted by molar-refractivity contribution is 7.87. The van der Waals surface area contributed by atoms with Gasteiger partial charge in [0.1, 0.15) is 23.4 Å². The molecule has 3 rings (SSSR count). The molecule has 216 valence electrons. The molecule has 40 heavy (non-hydrogen) atoms. The number of alkyl halides is 2. The van der Waals surface area contributed by atoms with Gasteiger partial charge in [0.25, 0.3) is 5.91 Å². The minimum absolute atomic E-state index is 0.0692. The van der Waals surface area contributed by atoms with Crippen LogP contribution >= 0.6 is 34.5 Å². The van der Waals surface area contributed by atoms with Crippen LogP contribution in [0.5, 0.6) is 5.75 Å². The lowest BCUT2D eigenvalue weighted by Gasteiger charge is -2.23. The lowest BCUT2D eigenvalue weighted by atomic mass is 10.1. The van der Waals surface area contributed by atoms with Gasteiger partial charge in [0.05, 0.1) is 4.92 Å². The first kappa shape index (κ1) is 31.6. The van der Waals surface area contributed by atoms with Crippen LogP contribution in [0.2, 0.25) is 0 Å². The average Bonchev–Trinajstić information content (AvgIpc) is 3.40. The number of anilines is 2. The van der Waals surface area contributed by atoms with Gasteiger partial charge >= 0.3 is 15.1 Å². The quantitative estimate of drug-likeness (QED) is 0.102. The van der Waals surface area contributed by atoms with Crippen LogP contribution < -0.4 is 14.0 Å². The highest BCUT2D eigenvalue weighted by Crippen LogP contribution is 2.35. The summed E-state index contributed by atoms with van der Waals surface area (Å²) in [5, 5.41) is 11.6. The highest BCUT2D eigenvalue weighted by Gasteiger charge is 2.33. The molecule has 0 saturated heterocycles. The number of ether oxygens (including phenoxy) is 1. The summed E-state index contributed by atoms with van der Waals surface area (Å²) in [7, 11) is -1.47. The fraction of sp³-hybridized carbons (Fsp3) is 0.360. The predicted molar refractivity (Wildman–Crippen MR) is 157 cm³/mol. The summed E-state index contributed by atoms with van der Waals surface area (Å²) in [6, 6.07) is 10.9. The first-order valence-corrected chi connectivity index (χ1v) is 15.4. The van der Waals surface area contributed by atoms with Crippen LogP contribution in [0.4, 0.5) is 16.5 Å². The van der Waals surface area contributed by atoms with E-state index in [1.165, 1.54) is 61.0 Å². The summed E-state index contributed by atoms with van der Waals surface area (Å²) in [5.41, 5.74) is 1.28. The number of nitrogens with zero attached hydrogens (tertiary/aromatic N) is 4. The largest absolute Gasteiger partial charge is 0.382 e. The Balaban J connectivity index is 1.93. The van der Waals surface area contributed by atoms with E-state index in [1.807, 2.05) is 4.90 Å². The molecule has 0 spiro atoms. The molecular formula is C25H28Cl2N4O7S2. The summed E-state index contributed by atoms with van der Waals surface area (Å²) in [5.74, 6) is 0.785. The van der Waals surface area contributed by atoms with Crippen molar-refractivity contribution in [1.29, 1.82) is 0 Å². The van der Waals surface area contributed by atoms with E-state index in [4.69, 9.17) is 32.1 Å². The van der Waals surface area contributed by atoms with Crippen molar-refractivity contribution in [2.24, 2.45) is 0 Å². The van der Waals surface area contributed by atoms with Crippen molar-refractivity contribution in [1.82, 2.24) is 4.98 Å². The molecule has 0 bridgehead atoms. The molecule has 1 atom stereocenters. The summed E-state index contributed by atoms with van der Waals surface area (Å²) in [6.07, 6.45) is 1.09. The second-order valence-electron chi connectivity index (χ2n) is 8.47. The number of amides is 1. The molecule has 15 heteroatoms. The van der Waals surface area contributed by atoms with E-state index < -0.39 is 20.3 Å². The Morgan fingerprint density at radius 2 is 1.80 bits per heavy atom. The van der Waals surface area contributed by atoms with E-state index in [1.54, 1.807) is 12.1 Å². The molecule has 1 unspecified atom stereocenters. The van der Waals surface area contributed by atoms with Gasteiger partial charge in [0, 0.05) is 62.9 Å². The summed E-state index contributed by atoms with van der Waals surface area (Å²) >= 11 is 12.7. The maximum absolute atomic E-state index is 13.6. The molecule has 11 nitrogen and oxygen atoms in total. The number of rotatable bonds is 15. The second kappa shape index (κ2) is 14.6. The monoisotopic (exact) mass is 630 g/mol. The molecule has 0 fully saturated rings. The van der Waals surface area contributed by atoms with Gasteiger partial charge in [-0.2, -0.15) is 8.42 Å². The molecule has 1 amide bonds. The van der Waals surface area contributed by atoms with Crippen molar-refractivity contribution in [2.45, 2.75) is 11.7 Å². The Morgan fingerprint density at radius 1 is 1.12 bits per heavy atom. The van der Waals surface area contributed by atoms with Crippen molar-refractivity contribution < 1.29 is 27.1 Å². The highest BCUT2D eigenvalue weighted by atomic mass is 35.5. The number of halogens is 2. The van der Waals surface area contributed by atoms with Gasteiger partial charge in [-0.3, -0.25) is 19.8 Å². The normalized spacial score (nSPS) is 12.1. The number of nitro groups is 1. The molecule has 0 radical (unpaired) electrons.